The van der Waals surface area contributed by atoms with Gasteiger partial charge in [-0.3, -0.25) is 0 Å². The summed E-state index contributed by atoms with van der Waals surface area (Å²) in [5.41, 5.74) is 6.94. The molecule has 0 aliphatic heterocycles. The lowest BCUT2D eigenvalue weighted by Crippen LogP contribution is -2.23. The highest BCUT2D eigenvalue weighted by molar-refractivity contribution is 6.52. The molecule has 4 aromatic carbocycles. The van der Waals surface area contributed by atoms with Crippen molar-refractivity contribution in [1.29, 1.82) is 0 Å². The number of hydrogen-bond acceptors (Lipinski definition) is 0. The molecule has 0 heterocycles. The van der Waals surface area contributed by atoms with Crippen LogP contribution in [0.2, 0.25) is 0 Å². The molecule has 0 aromatic heterocycles. The van der Waals surface area contributed by atoms with E-state index in [0.29, 0.717) is 0 Å². The molecule has 0 unspecified atom stereocenters. The zero-order valence-electron chi connectivity index (χ0n) is 7.83. The minimum atomic E-state index is 1.37. The Morgan fingerprint density at radius 2 is 0.643 bits per heavy atom. The SMILES string of the molecule is C1Cc2c1c1c2c2c3c4c(c3c12)CC4. The molecule has 0 nitrogen and oxygen atoms in total. The van der Waals surface area contributed by atoms with Crippen LogP contribution in [0.15, 0.2) is 0 Å². The maximum Gasteiger partial charge on any atom is -0.000770 e. The van der Waals surface area contributed by atoms with Crippen molar-refractivity contribution < 1.29 is 0 Å². The third-order valence-corrected chi connectivity index (χ3v) is 4.94. The zero-order chi connectivity index (χ0) is 8.60. The first-order valence-corrected chi connectivity index (χ1v) is 5.66. The number of hydrogen-bond donors (Lipinski definition) is 0. The van der Waals surface area contributed by atoms with E-state index in [-0.39, 0.29) is 0 Å². The molecule has 0 heteroatoms. The van der Waals surface area contributed by atoms with Gasteiger partial charge in [-0.2, -0.15) is 0 Å². The molecular weight excluding hydrogens is 168 g/mol. The van der Waals surface area contributed by atoms with E-state index in [1.807, 2.05) is 0 Å². The van der Waals surface area contributed by atoms with Gasteiger partial charge in [0.05, 0.1) is 0 Å². The van der Waals surface area contributed by atoms with Crippen LogP contribution in [-0.2, 0) is 25.7 Å². The van der Waals surface area contributed by atoms with Gasteiger partial charge in [-0.15, -0.1) is 0 Å². The largest absolute Gasteiger partial charge is 0.0353 e. The Hall–Kier alpha value is -1.30. The van der Waals surface area contributed by atoms with Crippen LogP contribution in [0.3, 0.4) is 0 Å². The van der Waals surface area contributed by atoms with Gasteiger partial charge in [0.25, 0.3) is 0 Å². The smallest absolute Gasteiger partial charge is 0.000770 e. The molecule has 0 atom stereocenters. The number of fused-ring (bicyclic) bond motifs is 13. The average molecular weight is 176 g/mol. The Morgan fingerprint density at radius 3 is 0.857 bits per heavy atom. The van der Waals surface area contributed by atoms with Crippen molar-refractivity contribution in [2.45, 2.75) is 25.7 Å². The molecule has 0 N–H and O–H groups in total. The van der Waals surface area contributed by atoms with Gasteiger partial charge in [0, 0.05) is 0 Å². The Balaban J connectivity index is 1.95. The summed E-state index contributed by atoms with van der Waals surface area (Å²) in [7, 11) is 0. The van der Waals surface area contributed by atoms with E-state index in [9.17, 15) is 0 Å². The number of rotatable bonds is 0. The summed E-state index contributed by atoms with van der Waals surface area (Å²) in [6.45, 7) is 0. The van der Waals surface area contributed by atoms with Crippen LogP contribution in [0, 0.1) is 0 Å². The summed E-state index contributed by atoms with van der Waals surface area (Å²) in [5.74, 6) is 0. The van der Waals surface area contributed by atoms with Gasteiger partial charge in [0.15, 0.2) is 0 Å². The van der Waals surface area contributed by atoms with Crippen LogP contribution < -0.4 is 0 Å². The molecule has 0 saturated heterocycles. The minimum Gasteiger partial charge on any atom is -0.0353 e. The summed E-state index contributed by atoms with van der Waals surface area (Å²) >= 11 is 0. The minimum absolute atomic E-state index is 1.37. The summed E-state index contributed by atoms with van der Waals surface area (Å²) in [5, 5.41) is 10.2. The zero-order valence-corrected chi connectivity index (χ0v) is 7.83. The van der Waals surface area contributed by atoms with Crippen molar-refractivity contribution >= 4 is 32.3 Å². The van der Waals surface area contributed by atoms with Crippen LogP contribution >= 0.6 is 0 Å². The van der Waals surface area contributed by atoms with Gasteiger partial charge in [-0.25, -0.2) is 0 Å². The fraction of sp³-hybridized carbons (Fsp3) is 0.286. The predicted molar refractivity (Wildman–Crippen MR) is 58.5 cm³/mol. The standard InChI is InChI=1S/C14H8/c1-2-6-5(1)9-10(6)14-12-8-4-3-7(8)11(12)13(9)14/h1-4H2. The van der Waals surface area contributed by atoms with Gasteiger partial charge < -0.3 is 0 Å². The topological polar surface area (TPSA) is 0 Å². The highest BCUT2D eigenvalue weighted by atomic mass is 14.4. The van der Waals surface area contributed by atoms with Crippen molar-refractivity contribution in [3.8, 4) is 0 Å². The molecule has 0 bridgehead atoms. The Labute approximate surface area is 80.8 Å². The van der Waals surface area contributed by atoms with Crippen LogP contribution in [0.25, 0.3) is 32.3 Å². The lowest BCUT2D eigenvalue weighted by molar-refractivity contribution is 0.843. The second kappa shape index (κ2) is 1.25. The van der Waals surface area contributed by atoms with E-state index in [0.717, 1.165) is 0 Å². The van der Waals surface area contributed by atoms with E-state index in [4.69, 9.17) is 0 Å². The lowest BCUT2D eigenvalue weighted by Gasteiger charge is -2.42. The average Bonchev–Trinajstić information content (AvgIpc) is 2.10. The van der Waals surface area contributed by atoms with Gasteiger partial charge in [0.2, 0.25) is 0 Å². The van der Waals surface area contributed by atoms with Gasteiger partial charge in [-0.05, 0) is 80.3 Å². The first-order valence-electron chi connectivity index (χ1n) is 5.66. The highest BCUT2D eigenvalue weighted by Crippen LogP contribution is 2.63. The molecule has 0 amide bonds. The second-order valence-electron chi connectivity index (χ2n) is 5.16. The molecule has 0 fully saturated rings. The fourth-order valence-corrected chi connectivity index (χ4v) is 4.06. The number of benzene rings is 3. The maximum absolute atomic E-state index is 1.73. The number of aryl methyl sites for hydroxylation is 4. The van der Waals surface area contributed by atoms with Gasteiger partial charge in [-0.1, -0.05) is 0 Å². The first kappa shape index (κ1) is 5.55. The second-order valence-corrected chi connectivity index (χ2v) is 5.16. The van der Waals surface area contributed by atoms with Crippen molar-refractivity contribution in [2.24, 2.45) is 0 Å². The molecule has 0 radical (unpaired) electrons. The molecule has 4 aromatic rings. The maximum atomic E-state index is 1.73. The van der Waals surface area contributed by atoms with E-state index in [1.54, 1.807) is 54.6 Å². The lowest BCUT2D eigenvalue weighted by atomic mass is 9.60. The van der Waals surface area contributed by atoms with E-state index >= 15 is 0 Å². The van der Waals surface area contributed by atoms with Crippen LogP contribution in [0.5, 0.6) is 0 Å². The Morgan fingerprint density at radius 1 is 0.357 bits per heavy atom. The summed E-state index contributed by atoms with van der Waals surface area (Å²) < 4.78 is 0. The summed E-state index contributed by atoms with van der Waals surface area (Å²) in [4.78, 5) is 0. The van der Waals surface area contributed by atoms with Crippen LogP contribution in [-0.4, -0.2) is 0 Å². The molecule has 14 heavy (non-hydrogen) atoms. The van der Waals surface area contributed by atoms with E-state index in [1.165, 1.54) is 25.7 Å². The third kappa shape index (κ3) is 0.273. The van der Waals surface area contributed by atoms with Crippen molar-refractivity contribution in [1.82, 2.24) is 0 Å². The first-order chi connectivity index (χ1) is 6.97. The monoisotopic (exact) mass is 176 g/mol. The predicted octanol–water partition coefficient (Wildman–Crippen LogP) is 3.09. The third-order valence-electron chi connectivity index (χ3n) is 4.94. The summed E-state index contributed by atoms with van der Waals surface area (Å²) in [6, 6.07) is 0. The van der Waals surface area contributed by atoms with Gasteiger partial charge >= 0.3 is 0 Å². The molecule has 2 aliphatic rings. The van der Waals surface area contributed by atoms with E-state index in [2.05, 4.69) is 0 Å². The summed E-state index contributed by atoms with van der Waals surface area (Å²) in [6.07, 6.45) is 5.50. The van der Waals surface area contributed by atoms with Crippen molar-refractivity contribution in [3.05, 3.63) is 22.3 Å². The fourth-order valence-electron chi connectivity index (χ4n) is 4.06. The van der Waals surface area contributed by atoms with Crippen molar-refractivity contribution in [2.75, 3.05) is 0 Å². The van der Waals surface area contributed by atoms with Crippen molar-refractivity contribution in [3.63, 3.8) is 0 Å². The molecule has 64 valence electrons. The molecule has 2 aliphatic carbocycles. The molecular formula is C14H8. The Bertz CT molecular complexity index is 672. The van der Waals surface area contributed by atoms with Crippen LogP contribution in [0.1, 0.15) is 22.3 Å². The van der Waals surface area contributed by atoms with E-state index < -0.39 is 0 Å². The highest BCUT2D eigenvalue weighted by Gasteiger charge is 2.40. The Kier molecular flexibility index (Phi) is 0.497. The quantitative estimate of drug-likeness (QED) is 0.386. The van der Waals surface area contributed by atoms with Crippen LogP contribution in [0.4, 0.5) is 0 Å². The molecule has 0 spiro atoms. The molecule has 0 saturated carbocycles. The van der Waals surface area contributed by atoms with Gasteiger partial charge in [0.1, 0.15) is 0 Å². The normalized spacial score (nSPS) is 19.7. The molecule has 6 rings (SSSR count).